The summed E-state index contributed by atoms with van der Waals surface area (Å²) in [6.45, 7) is 4.90. The van der Waals surface area contributed by atoms with Gasteiger partial charge in [-0.2, -0.15) is 4.31 Å². The first-order chi connectivity index (χ1) is 13.9. The van der Waals surface area contributed by atoms with Crippen LogP contribution in [0.5, 0.6) is 5.75 Å². The zero-order chi connectivity index (χ0) is 20.6. The van der Waals surface area contributed by atoms with E-state index in [1.54, 1.807) is 38.7 Å². The third-order valence-corrected chi connectivity index (χ3v) is 8.58. The Kier molecular flexibility index (Phi) is 5.68. The number of fused-ring (bicyclic) bond motifs is 1. The van der Waals surface area contributed by atoms with Crippen LogP contribution in [0.3, 0.4) is 0 Å². The van der Waals surface area contributed by atoms with Crippen LogP contribution in [0.4, 0.5) is 5.69 Å². The number of hydrogen-bond acceptors (Lipinski definition) is 5. The van der Waals surface area contributed by atoms with E-state index in [0.717, 1.165) is 30.6 Å². The maximum Gasteiger partial charge on any atom is 0.243 e. The van der Waals surface area contributed by atoms with Crippen LogP contribution < -0.4 is 9.64 Å². The van der Waals surface area contributed by atoms with Crippen LogP contribution in [0.15, 0.2) is 35.2 Å². The molecule has 0 bridgehead atoms. The van der Waals surface area contributed by atoms with Gasteiger partial charge in [-0.15, -0.1) is 11.3 Å². The summed E-state index contributed by atoms with van der Waals surface area (Å²) in [6.07, 6.45) is 3.75. The molecule has 2 aliphatic heterocycles. The van der Waals surface area contributed by atoms with E-state index in [1.165, 1.54) is 11.8 Å². The fourth-order valence-electron chi connectivity index (χ4n) is 4.11. The first-order valence-electron chi connectivity index (χ1n) is 10.0. The Balaban J connectivity index is 1.72. The average Bonchev–Trinajstić information content (AvgIpc) is 2.98. The lowest BCUT2D eigenvalue weighted by atomic mass is 10.1. The van der Waals surface area contributed by atoms with Gasteiger partial charge in [-0.25, -0.2) is 8.42 Å². The first kappa shape index (κ1) is 20.4. The molecule has 0 unspecified atom stereocenters. The summed E-state index contributed by atoms with van der Waals surface area (Å²) in [5, 5.41) is 0. The number of hydrogen-bond donors (Lipinski definition) is 0. The van der Waals surface area contributed by atoms with Crippen molar-refractivity contribution in [3.8, 4) is 5.75 Å². The lowest BCUT2D eigenvalue weighted by Crippen LogP contribution is -2.37. The van der Waals surface area contributed by atoms with E-state index in [0.29, 0.717) is 31.1 Å². The second-order valence-corrected chi connectivity index (χ2v) is 10.8. The highest BCUT2D eigenvalue weighted by Gasteiger charge is 2.35. The molecule has 6 nitrogen and oxygen atoms in total. The van der Waals surface area contributed by atoms with Gasteiger partial charge in [-0.1, -0.05) is 12.8 Å². The Hall–Kier alpha value is -1.90. The van der Waals surface area contributed by atoms with Crippen molar-refractivity contribution in [2.45, 2.75) is 50.5 Å². The Bertz CT molecular complexity index is 1020. The number of nitrogens with zero attached hydrogens (tertiary/aromatic N) is 2. The SMILES string of the molecule is CC(=O)N1CCOc2cc(S(=O)(=O)N3CCCCC[C@@H]3c3ccc(C)s3)ccc21. The quantitative estimate of drug-likeness (QED) is 0.729. The van der Waals surface area contributed by atoms with Crippen molar-refractivity contribution < 1.29 is 17.9 Å². The molecule has 156 valence electrons. The van der Waals surface area contributed by atoms with Crippen molar-refractivity contribution in [2.24, 2.45) is 0 Å². The summed E-state index contributed by atoms with van der Waals surface area (Å²) in [7, 11) is -3.69. The number of sulfonamides is 1. The summed E-state index contributed by atoms with van der Waals surface area (Å²) in [6, 6.07) is 8.83. The normalized spacial score (nSPS) is 20.6. The van der Waals surface area contributed by atoms with Gasteiger partial charge in [-0.05, 0) is 44.0 Å². The summed E-state index contributed by atoms with van der Waals surface area (Å²) < 4.78 is 34.6. The highest BCUT2D eigenvalue weighted by Crippen LogP contribution is 2.40. The maximum atomic E-state index is 13.6. The molecule has 4 rings (SSSR count). The Labute approximate surface area is 176 Å². The molecule has 1 amide bonds. The third kappa shape index (κ3) is 3.93. The number of thiophene rings is 1. The Morgan fingerprint density at radius 1 is 1.14 bits per heavy atom. The minimum atomic E-state index is -3.69. The van der Waals surface area contributed by atoms with Crippen molar-refractivity contribution in [2.75, 3.05) is 24.6 Å². The van der Waals surface area contributed by atoms with E-state index in [2.05, 4.69) is 12.1 Å². The largest absolute Gasteiger partial charge is 0.489 e. The summed E-state index contributed by atoms with van der Waals surface area (Å²) >= 11 is 1.67. The maximum absolute atomic E-state index is 13.6. The van der Waals surface area contributed by atoms with Crippen molar-refractivity contribution in [3.63, 3.8) is 0 Å². The molecule has 1 aromatic heterocycles. The number of aryl methyl sites for hydroxylation is 1. The smallest absolute Gasteiger partial charge is 0.243 e. The summed E-state index contributed by atoms with van der Waals surface area (Å²) in [5.74, 6) is 0.372. The van der Waals surface area contributed by atoms with Crippen molar-refractivity contribution in [3.05, 3.63) is 40.1 Å². The number of rotatable bonds is 3. The minimum Gasteiger partial charge on any atom is -0.489 e. The monoisotopic (exact) mass is 434 g/mol. The molecular weight excluding hydrogens is 408 g/mol. The minimum absolute atomic E-state index is 0.0780. The average molecular weight is 435 g/mol. The number of benzene rings is 1. The van der Waals surface area contributed by atoms with E-state index in [-0.39, 0.29) is 16.8 Å². The number of anilines is 1. The van der Waals surface area contributed by atoms with Gasteiger partial charge in [0.05, 0.1) is 23.2 Å². The van der Waals surface area contributed by atoms with Gasteiger partial charge in [0, 0.05) is 29.3 Å². The first-order valence-corrected chi connectivity index (χ1v) is 12.3. The van der Waals surface area contributed by atoms with Gasteiger partial charge in [0.15, 0.2) is 0 Å². The van der Waals surface area contributed by atoms with Crippen LogP contribution in [0.1, 0.15) is 48.4 Å². The van der Waals surface area contributed by atoms with Crippen LogP contribution >= 0.6 is 11.3 Å². The molecule has 29 heavy (non-hydrogen) atoms. The standard InChI is InChI=1S/C21H26N2O4S2/c1-15-7-10-21(28-15)19-6-4-3-5-11-23(19)29(25,26)17-8-9-18-20(14-17)27-13-12-22(18)16(2)24/h7-10,14,19H,3-6,11-13H2,1-2H3/t19-/m1/s1. The number of amides is 1. The van der Waals surface area contributed by atoms with Crippen molar-refractivity contribution in [1.29, 1.82) is 0 Å². The predicted molar refractivity (Wildman–Crippen MR) is 114 cm³/mol. The Morgan fingerprint density at radius 3 is 2.69 bits per heavy atom. The number of carbonyl (C=O) groups excluding carboxylic acids is 1. The molecule has 0 aliphatic carbocycles. The van der Waals surface area contributed by atoms with Gasteiger partial charge < -0.3 is 9.64 Å². The predicted octanol–water partition coefficient (Wildman–Crippen LogP) is 4.11. The van der Waals surface area contributed by atoms with Crippen LogP contribution in [0, 0.1) is 6.92 Å². The van der Waals surface area contributed by atoms with Gasteiger partial charge in [0.1, 0.15) is 12.4 Å². The zero-order valence-corrected chi connectivity index (χ0v) is 18.4. The molecular formula is C21H26N2O4S2. The van der Waals surface area contributed by atoms with Crippen molar-refractivity contribution >= 4 is 33.0 Å². The molecule has 1 atom stereocenters. The van der Waals surface area contributed by atoms with E-state index < -0.39 is 10.0 Å². The second-order valence-electron chi connectivity index (χ2n) is 7.58. The van der Waals surface area contributed by atoms with Crippen LogP contribution in [0.2, 0.25) is 0 Å². The number of carbonyl (C=O) groups is 1. The third-order valence-electron chi connectivity index (χ3n) is 5.57. The molecule has 1 fully saturated rings. The summed E-state index contributed by atoms with van der Waals surface area (Å²) in [4.78, 5) is 16.0. The zero-order valence-electron chi connectivity index (χ0n) is 16.8. The molecule has 1 aromatic carbocycles. The van der Waals surface area contributed by atoms with Gasteiger partial charge in [0.2, 0.25) is 15.9 Å². The molecule has 0 saturated carbocycles. The lowest BCUT2D eigenvalue weighted by molar-refractivity contribution is -0.116. The van der Waals surface area contributed by atoms with Crippen molar-refractivity contribution in [1.82, 2.24) is 4.31 Å². The van der Waals surface area contributed by atoms with E-state index >= 15 is 0 Å². The molecule has 0 N–H and O–H groups in total. The number of ether oxygens (including phenoxy) is 1. The van der Waals surface area contributed by atoms with Crippen LogP contribution in [-0.4, -0.2) is 38.3 Å². The van der Waals surface area contributed by atoms with Gasteiger partial charge in [0.25, 0.3) is 0 Å². The molecule has 2 aliphatic rings. The fourth-order valence-corrected chi connectivity index (χ4v) is 6.89. The van der Waals surface area contributed by atoms with Gasteiger partial charge in [-0.3, -0.25) is 4.79 Å². The highest BCUT2D eigenvalue weighted by molar-refractivity contribution is 7.89. The topological polar surface area (TPSA) is 66.9 Å². The van der Waals surface area contributed by atoms with E-state index in [4.69, 9.17) is 4.74 Å². The molecule has 0 spiro atoms. The van der Waals surface area contributed by atoms with E-state index in [1.807, 2.05) is 6.92 Å². The molecule has 1 saturated heterocycles. The van der Waals surface area contributed by atoms with Crippen LogP contribution in [0.25, 0.3) is 0 Å². The van der Waals surface area contributed by atoms with E-state index in [9.17, 15) is 13.2 Å². The summed E-state index contributed by atoms with van der Waals surface area (Å²) in [5.41, 5.74) is 0.629. The molecule has 3 heterocycles. The fraction of sp³-hybridized carbons (Fsp3) is 0.476. The lowest BCUT2D eigenvalue weighted by Gasteiger charge is -2.31. The Morgan fingerprint density at radius 2 is 1.97 bits per heavy atom. The highest BCUT2D eigenvalue weighted by atomic mass is 32.2. The second kappa shape index (κ2) is 8.08. The van der Waals surface area contributed by atoms with Gasteiger partial charge >= 0.3 is 0 Å². The van der Waals surface area contributed by atoms with Crippen LogP contribution in [-0.2, 0) is 14.8 Å². The molecule has 2 aromatic rings. The molecule has 0 radical (unpaired) electrons. The molecule has 8 heteroatoms.